The first kappa shape index (κ1) is 10.4. The van der Waals surface area contributed by atoms with Gasteiger partial charge in [0.25, 0.3) is 0 Å². The van der Waals surface area contributed by atoms with Crippen molar-refractivity contribution >= 4 is 11.9 Å². The lowest BCUT2D eigenvalue weighted by Gasteiger charge is -2.07. The second-order valence-electron chi connectivity index (χ2n) is 3.68. The van der Waals surface area contributed by atoms with Crippen LogP contribution in [0.1, 0.15) is 16.8 Å². The SMILES string of the molecule is C=Cc1c(-n2cc(C)c(C)n2)ccnc1N. The van der Waals surface area contributed by atoms with E-state index in [1.54, 1.807) is 17.0 Å². The van der Waals surface area contributed by atoms with Crippen molar-refractivity contribution in [2.75, 3.05) is 5.73 Å². The number of anilines is 1. The highest BCUT2D eigenvalue weighted by Gasteiger charge is 2.08. The Bertz CT molecular complexity index is 520. The molecule has 0 aliphatic rings. The molecular formula is C12H14N4. The van der Waals surface area contributed by atoms with Gasteiger partial charge in [-0.3, -0.25) is 0 Å². The zero-order valence-electron chi connectivity index (χ0n) is 9.44. The van der Waals surface area contributed by atoms with Crippen molar-refractivity contribution in [1.82, 2.24) is 14.8 Å². The number of aromatic nitrogens is 3. The minimum absolute atomic E-state index is 0.471. The first-order valence-corrected chi connectivity index (χ1v) is 5.03. The molecule has 0 unspecified atom stereocenters. The summed E-state index contributed by atoms with van der Waals surface area (Å²) >= 11 is 0. The fourth-order valence-corrected chi connectivity index (χ4v) is 1.56. The Labute approximate surface area is 94.4 Å². The number of rotatable bonds is 2. The van der Waals surface area contributed by atoms with Crippen LogP contribution in [0, 0.1) is 13.8 Å². The van der Waals surface area contributed by atoms with Gasteiger partial charge in [0.15, 0.2) is 0 Å². The van der Waals surface area contributed by atoms with Crippen molar-refractivity contribution in [3.05, 3.63) is 41.9 Å². The van der Waals surface area contributed by atoms with Crippen LogP contribution in [-0.4, -0.2) is 14.8 Å². The Morgan fingerprint density at radius 2 is 2.19 bits per heavy atom. The van der Waals surface area contributed by atoms with Gasteiger partial charge in [-0.1, -0.05) is 12.7 Å². The van der Waals surface area contributed by atoms with E-state index in [-0.39, 0.29) is 0 Å². The Hall–Kier alpha value is -2.10. The fourth-order valence-electron chi connectivity index (χ4n) is 1.56. The molecule has 0 atom stereocenters. The molecule has 82 valence electrons. The molecule has 16 heavy (non-hydrogen) atoms. The van der Waals surface area contributed by atoms with Crippen LogP contribution in [0.15, 0.2) is 25.0 Å². The molecule has 0 radical (unpaired) electrons. The maximum atomic E-state index is 5.79. The molecule has 2 rings (SSSR count). The second kappa shape index (κ2) is 3.81. The minimum atomic E-state index is 0.471. The summed E-state index contributed by atoms with van der Waals surface area (Å²) in [5.41, 5.74) is 9.65. The normalized spacial score (nSPS) is 10.4. The topological polar surface area (TPSA) is 56.7 Å². The lowest BCUT2D eigenvalue weighted by Crippen LogP contribution is -2.02. The second-order valence-corrected chi connectivity index (χ2v) is 3.68. The summed E-state index contributed by atoms with van der Waals surface area (Å²) in [4.78, 5) is 4.03. The Morgan fingerprint density at radius 3 is 2.75 bits per heavy atom. The van der Waals surface area contributed by atoms with E-state index < -0.39 is 0 Å². The molecule has 2 heterocycles. The smallest absolute Gasteiger partial charge is 0.132 e. The number of nitrogens with two attached hydrogens (primary N) is 1. The lowest BCUT2D eigenvalue weighted by atomic mass is 10.2. The van der Waals surface area contributed by atoms with Gasteiger partial charge in [0.05, 0.1) is 11.4 Å². The predicted octanol–water partition coefficient (Wildman–Crippen LogP) is 2.11. The fraction of sp³-hybridized carbons (Fsp3) is 0.167. The van der Waals surface area contributed by atoms with Gasteiger partial charge in [0.2, 0.25) is 0 Å². The summed E-state index contributed by atoms with van der Waals surface area (Å²) in [6.07, 6.45) is 5.34. The number of aryl methyl sites for hydroxylation is 2. The average molecular weight is 214 g/mol. The largest absolute Gasteiger partial charge is 0.383 e. The molecular weight excluding hydrogens is 200 g/mol. The molecule has 4 heteroatoms. The molecule has 2 N–H and O–H groups in total. The quantitative estimate of drug-likeness (QED) is 0.833. The van der Waals surface area contributed by atoms with E-state index in [0.29, 0.717) is 5.82 Å². The van der Waals surface area contributed by atoms with Crippen LogP contribution in [0.25, 0.3) is 11.8 Å². The molecule has 0 amide bonds. The van der Waals surface area contributed by atoms with Gasteiger partial charge in [0.1, 0.15) is 5.82 Å². The van der Waals surface area contributed by atoms with E-state index in [2.05, 4.69) is 16.7 Å². The number of nitrogens with zero attached hydrogens (tertiary/aromatic N) is 3. The summed E-state index contributed by atoms with van der Waals surface area (Å²) in [7, 11) is 0. The summed E-state index contributed by atoms with van der Waals surface area (Å²) in [6.45, 7) is 7.75. The standard InChI is InChI=1S/C12H14N4/c1-4-10-11(5-6-14-12(10)13)16-7-8(2)9(3)15-16/h4-7H,1H2,2-3H3,(H2,13,14). The zero-order chi connectivity index (χ0) is 11.7. The molecule has 0 aromatic carbocycles. The van der Waals surface area contributed by atoms with Crippen LogP contribution in [0.4, 0.5) is 5.82 Å². The average Bonchev–Trinajstić information content (AvgIpc) is 2.59. The lowest BCUT2D eigenvalue weighted by molar-refractivity contribution is 0.859. The van der Waals surface area contributed by atoms with E-state index in [1.807, 2.05) is 26.1 Å². The van der Waals surface area contributed by atoms with E-state index in [4.69, 9.17) is 5.73 Å². The van der Waals surface area contributed by atoms with Gasteiger partial charge < -0.3 is 5.73 Å². The van der Waals surface area contributed by atoms with Gasteiger partial charge in [0, 0.05) is 18.0 Å². The van der Waals surface area contributed by atoms with Crippen molar-refractivity contribution in [2.24, 2.45) is 0 Å². The number of hydrogen-bond acceptors (Lipinski definition) is 3. The monoisotopic (exact) mass is 214 g/mol. The van der Waals surface area contributed by atoms with Crippen molar-refractivity contribution in [1.29, 1.82) is 0 Å². The number of hydrogen-bond donors (Lipinski definition) is 1. The minimum Gasteiger partial charge on any atom is -0.383 e. The predicted molar refractivity (Wildman–Crippen MR) is 65.3 cm³/mol. The van der Waals surface area contributed by atoms with Crippen LogP contribution in [0.3, 0.4) is 0 Å². The number of nitrogen functional groups attached to an aromatic ring is 1. The highest BCUT2D eigenvalue weighted by atomic mass is 15.3. The van der Waals surface area contributed by atoms with Crippen molar-refractivity contribution < 1.29 is 0 Å². The first-order chi connectivity index (χ1) is 7.63. The summed E-state index contributed by atoms with van der Waals surface area (Å²) in [5.74, 6) is 0.471. The first-order valence-electron chi connectivity index (χ1n) is 5.03. The van der Waals surface area contributed by atoms with Crippen LogP contribution >= 0.6 is 0 Å². The molecule has 0 aliphatic carbocycles. The van der Waals surface area contributed by atoms with Crippen molar-refractivity contribution in [2.45, 2.75) is 13.8 Å². The molecule has 0 bridgehead atoms. The molecule has 4 nitrogen and oxygen atoms in total. The van der Waals surface area contributed by atoms with Gasteiger partial charge in [-0.15, -0.1) is 0 Å². The summed E-state index contributed by atoms with van der Waals surface area (Å²) in [5, 5.41) is 4.42. The molecule has 0 fully saturated rings. The summed E-state index contributed by atoms with van der Waals surface area (Å²) < 4.78 is 1.81. The van der Waals surface area contributed by atoms with Crippen LogP contribution in [-0.2, 0) is 0 Å². The molecule has 2 aromatic rings. The molecule has 0 saturated heterocycles. The van der Waals surface area contributed by atoms with Crippen molar-refractivity contribution in [3.8, 4) is 5.69 Å². The Morgan fingerprint density at radius 1 is 1.44 bits per heavy atom. The van der Waals surface area contributed by atoms with E-state index in [1.165, 1.54) is 0 Å². The van der Waals surface area contributed by atoms with Crippen LogP contribution in [0.5, 0.6) is 0 Å². The maximum absolute atomic E-state index is 5.79. The number of pyridine rings is 1. The third-order valence-corrected chi connectivity index (χ3v) is 2.59. The maximum Gasteiger partial charge on any atom is 0.132 e. The van der Waals surface area contributed by atoms with Crippen LogP contribution in [0.2, 0.25) is 0 Å². The van der Waals surface area contributed by atoms with Gasteiger partial charge in [-0.25, -0.2) is 9.67 Å². The van der Waals surface area contributed by atoms with E-state index in [0.717, 1.165) is 22.5 Å². The van der Waals surface area contributed by atoms with Gasteiger partial charge in [-0.2, -0.15) is 5.10 Å². The Balaban J connectivity index is 2.64. The Kier molecular flexibility index (Phi) is 2.48. The van der Waals surface area contributed by atoms with Gasteiger partial charge in [-0.05, 0) is 25.5 Å². The van der Waals surface area contributed by atoms with Crippen molar-refractivity contribution in [3.63, 3.8) is 0 Å². The highest BCUT2D eigenvalue weighted by Crippen LogP contribution is 2.20. The van der Waals surface area contributed by atoms with Crippen LogP contribution < -0.4 is 5.73 Å². The molecule has 0 saturated carbocycles. The molecule has 0 spiro atoms. The third-order valence-electron chi connectivity index (χ3n) is 2.59. The molecule has 0 aliphatic heterocycles. The zero-order valence-corrected chi connectivity index (χ0v) is 9.44. The van der Waals surface area contributed by atoms with Gasteiger partial charge >= 0.3 is 0 Å². The van der Waals surface area contributed by atoms with E-state index >= 15 is 0 Å². The highest BCUT2D eigenvalue weighted by molar-refractivity contribution is 5.68. The summed E-state index contributed by atoms with van der Waals surface area (Å²) in [6, 6.07) is 1.87. The molecule has 2 aromatic heterocycles. The van der Waals surface area contributed by atoms with E-state index in [9.17, 15) is 0 Å². The third kappa shape index (κ3) is 1.58.